The van der Waals surface area contributed by atoms with E-state index in [1.54, 1.807) is 13.0 Å². The van der Waals surface area contributed by atoms with E-state index in [1.807, 2.05) is 0 Å². The van der Waals surface area contributed by atoms with Crippen LogP contribution in [0.1, 0.15) is 24.9 Å². The second-order valence-electron chi connectivity index (χ2n) is 3.26. The van der Waals surface area contributed by atoms with Gasteiger partial charge in [-0.2, -0.15) is 0 Å². The van der Waals surface area contributed by atoms with Crippen LogP contribution in [0.4, 0.5) is 4.39 Å². The highest BCUT2D eigenvalue weighted by molar-refractivity contribution is 6.30. The minimum Gasteiger partial charge on any atom is -0.466 e. The Balaban J connectivity index is 2.76. The topological polar surface area (TPSA) is 52.3 Å². The predicted molar refractivity (Wildman–Crippen MR) is 59.6 cm³/mol. The van der Waals surface area contributed by atoms with Crippen LogP contribution in [0, 0.1) is 5.82 Å². The van der Waals surface area contributed by atoms with Crippen molar-refractivity contribution in [3.05, 3.63) is 34.6 Å². The van der Waals surface area contributed by atoms with Gasteiger partial charge >= 0.3 is 5.97 Å². The molecule has 5 heteroatoms. The number of nitrogens with two attached hydrogens (primary N) is 1. The molecule has 0 aromatic heterocycles. The smallest absolute Gasteiger partial charge is 0.307 e. The van der Waals surface area contributed by atoms with Crippen molar-refractivity contribution in [1.82, 2.24) is 0 Å². The van der Waals surface area contributed by atoms with Crippen molar-refractivity contribution in [2.45, 2.75) is 19.4 Å². The maximum Gasteiger partial charge on any atom is 0.307 e. The van der Waals surface area contributed by atoms with E-state index in [1.165, 1.54) is 12.1 Å². The van der Waals surface area contributed by atoms with Crippen LogP contribution >= 0.6 is 11.6 Å². The first kappa shape index (κ1) is 12.9. The van der Waals surface area contributed by atoms with Crippen LogP contribution in [0.2, 0.25) is 5.02 Å². The molecule has 0 spiro atoms. The largest absolute Gasteiger partial charge is 0.466 e. The molecule has 0 aliphatic carbocycles. The zero-order chi connectivity index (χ0) is 12.1. The molecule has 1 rings (SSSR count). The molecule has 0 fully saturated rings. The van der Waals surface area contributed by atoms with Gasteiger partial charge in [0.15, 0.2) is 0 Å². The summed E-state index contributed by atoms with van der Waals surface area (Å²) >= 11 is 5.61. The molecular formula is C11H13ClFNO2. The molecule has 0 aliphatic rings. The minimum atomic E-state index is -0.738. The van der Waals surface area contributed by atoms with E-state index in [4.69, 9.17) is 22.1 Å². The monoisotopic (exact) mass is 245 g/mol. The number of hydrogen-bond acceptors (Lipinski definition) is 3. The van der Waals surface area contributed by atoms with Gasteiger partial charge in [-0.1, -0.05) is 23.7 Å². The van der Waals surface area contributed by atoms with E-state index in [0.29, 0.717) is 0 Å². The molecule has 0 saturated carbocycles. The Morgan fingerprint density at radius 1 is 1.62 bits per heavy atom. The number of hydrogen-bond donors (Lipinski definition) is 1. The molecule has 1 aromatic rings. The summed E-state index contributed by atoms with van der Waals surface area (Å²) in [5.41, 5.74) is 5.92. The summed E-state index contributed by atoms with van der Waals surface area (Å²) in [6, 6.07) is 3.78. The van der Waals surface area contributed by atoms with Gasteiger partial charge in [-0.15, -0.1) is 0 Å². The molecule has 1 atom stereocenters. The first-order valence-corrected chi connectivity index (χ1v) is 5.29. The SMILES string of the molecule is CCOC(=O)C[C@@H](N)c1cccc(Cl)c1F. The molecule has 0 saturated heterocycles. The number of carbonyl (C=O) groups excluding carboxylic acids is 1. The standard InChI is InChI=1S/C11H13ClFNO2/c1-2-16-10(15)6-9(14)7-4-3-5-8(12)11(7)13/h3-5,9H,2,6,14H2,1H3/t9-/m1/s1. The Bertz CT molecular complexity index is 384. The van der Waals surface area contributed by atoms with Crippen LogP contribution < -0.4 is 5.73 Å². The highest BCUT2D eigenvalue weighted by Crippen LogP contribution is 2.23. The quantitative estimate of drug-likeness (QED) is 0.829. The molecule has 0 amide bonds. The normalized spacial score (nSPS) is 12.2. The molecule has 0 radical (unpaired) electrons. The van der Waals surface area contributed by atoms with Crippen LogP contribution in [0.5, 0.6) is 0 Å². The average molecular weight is 246 g/mol. The van der Waals surface area contributed by atoms with Crippen molar-refractivity contribution in [3.63, 3.8) is 0 Å². The third kappa shape index (κ3) is 3.18. The summed E-state index contributed by atoms with van der Waals surface area (Å²) in [7, 11) is 0. The van der Waals surface area contributed by atoms with Gasteiger partial charge in [-0.3, -0.25) is 4.79 Å². The highest BCUT2D eigenvalue weighted by Gasteiger charge is 2.17. The van der Waals surface area contributed by atoms with Crippen LogP contribution in [0.3, 0.4) is 0 Å². The zero-order valence-corrected chi connectivity index (χ0v) is 9.63. The van der Waals surface area contributed by atoms with Gasteiger partial charge in [0.1, 0.15) is 5.82 Å². The summed E-state index contributed by atoms with van der Waals surface area (Å²) in [6.45, 7) is 1.98. The fourth-order valence-electron chi connectivity index (χ4n) is 1.32. The second-order valence-corrected chi connectivity index (χ2v) is 3.67. The van der Waals surface area contributed by atoms with Crippen LogP contribution in [-0.2, 0) is 9.53 Å². The van der Waals surface area contributed by atoms with E-state index in [2.05, 4.69) is 0 Å². The van der Waals surface area contributed by atoms with E-state index in [-0.39, 0.29) is 23.6 Å². The molecule has 0 unspecified atom stereocenters. The molecule has 2 N–H and O–H groups in total. The number of carbonyl (C=O) groups is 1. The molecular weight excluding hydrogens is 233 g/mol. The number of ether oxygens (including phenoxy) is 1. The maximum absolute atomic E-state index is 13.5. The lowest BCUT2D eigenvalue weighted by Crippen LogP contribution is -2.18. The van der Waals surface area contributed by atoms with Crippen molar-refractivity contribution < 1.29 is 13.9 Å². The zero-order valence-electron chi connectivity index (χ0n) is 8.87. The van der Waals surface area contributed by atoms with Crippen molar-refractivity contribution >= 4 is 17.6 Å². The van der Waals surface area contributed by atoms with Gasteiger partial charge in [0, 0.05) is 11.6 Å². The Morgan fingerprint density at radius 2 is 2.31 bits per heavy atom. The fourth-order valence-corrected chi connectivity index (χ4v) is 1.50. The van der Waals surface area contributed by atoms with Gasteiger partial charge < -0.3 is 10.5 Å². The number of esters is 1. The predicted octanol–water partition coefficient (Wildman–Crippen LogP) is 2.43. The van der Waals surface area contributed by atoms with Crippen LogP contribution in [0.15, 0.2) is 18.2 Å². The first-order chi connectivity index (χ1) is 7.56. The van der Waals surface area contributed by atoms with E-state index < -0.39 is 17.8 Å². The van der Waals surface area contributed by atoms with Crippen LogP contribution in [-0.4, -0.2) is 12.6 Å². The third-order valence-corrected chi connectivity index (χ3v) is 2.36. The lowest BCUT2D eigenvalue weighted by molar-refractivity contribution is -0.143. The van der Waals surface area contributed by atoms with E-state index >= 15 is 0 Å². The fraction of sp³-hybridized carbons (Fsp3) is 0.364. The average Bonchev–Trinajstić information content (AvgIpc) is 2.22. The summed E-state index contributed by atoms with van der Waals surface area (Å²) in [5.74, 6) is -1.03. The van der Waals surface area contributed by atoms with E-state index in [9.17, 15) is 9.18 Å². The van der Waals surface area contributed by atoms with Gasteiger partial charge in [-0.25, -0.2) is 4.39 Å². The summed E-state index contributed by atoms with van der Waals surface area (Å²) in [5, 5.41) is -0.00295. The number of halogens is 2. The number of rotatable bonds is 4. The van der Waals surface area contributed by atoms with Crippen molar-refractivity contribution in [2.75, 3.05) is 6.61 Å². The van der Waals surface area contributed by atoms with E-state index in [0.717, 1.165) is 0 Å². The highest BCUT2D eigenvalue weighted by atomic mass is 35.5. The first-order valence-electron chi connectivity index (χ1n) is 4.91. The molecule has 16 heavy (non-hydrogen) atoms. The number of benzene rings is 1. The summed E-state index contributed by atoms with van der Waals surface area (Å²) in [6.07, 6.45) is -0.0644. The van der Waals surface area contributed by atoms with Crippen molar-refractivity contribution in [2.24, 2.45) is 5.73 Å². The van der Waals surface area contributed by atoms with Gasteiger partial charge in [-0.05, 0) is 13.0 Å². The molecule has 0 aliphatic heterocycles. The Hall–Kier alpha value is -1.13. The van der Waals surface area contributed by atoms with Gasteiger partial charge in [0.25, 0.3) is 0 Å². The molecule has 3 nitrogen and oxygen atoms in total. The molecule has 0 heterocycles. The Kier molecular flexibility index (Phi) is 4.71. The lowest BCUT2D eigenvalue weighted by Gasteiger charge is -2.12. The van der Waals surface area contributed by atoms with Crippen molar-refractivity contribution in [3.8, 4) is 0 Å². The lowest BCUT2D eigenvalue weighted by atomic mass is 10.0. The molecule has 1 aromatic carbocycles. The Labute approximate surface area is 98.3 Å². The maximum atomic E-state index is 13.5. The molecule has 88 valence electrons. The molecule has 0 bridgehead atoms. The second kappa shape index (κ2) is 5.82. The van der Waals surface area contributed by atoms with Crippen molar-refractivity contribution in [1.29, 1.82) is 0 Å². The van der Waals surface area contributed by atoms with Gasteiger partial charge in [0.05, 0.1) is 18.1 Å². The summed E-state index contributed by atoms with van der Waals surface area (Å²) in [4.78, 5) is 11.2. The summed E-state index contributed by atoms with van der Waals surface area (Å²) < 4.78 is 18.3. The minimum absolute atomic E-state index is 0.00295. The van der Waals surface area contributed by atoms with Crippen LogP contribution in [0.25, 0.3) is 0 Å². The Morgan fingerprint density at radius 3 is 2.94 bits per heavy atom. The third-order valence-electron chi connectivity index (χ3n) is 2.07. The van der Waals surface area contributed by atoms with Gasteiger partial charge in [0.2, 0.25) is 0 Å².